The lowest BCUT2D eigenvalue weighted by molar-refractivity contribution is 0.0957. The molecule has 1 nitrogen and oxygen atoms in total. The highest BCUT2D eigenvalue weighted by molar-refractivity contribution is 6.01. The van der Waals surface area contributed by atoms with E-state index in [-0.39, 0.29) is 11.7 Å². The Morgan fingerprint density at radius 3 is 2.21 bits per heavy atom. The van der Waals surface area contributed by atoms with E-state index in [0.717, 1.165) is 18.4 Å². The summed E-state index contributed by atoms with van der Waals surface area (Å²) in [6, 6.07) is 17.9. The Hall–Kier alpha value is -1.89. The molecule has 19 heavy (non-hydrogen) atoms. The molecule has 0 fully saturated rings. The number of Topliss-reactive ketones (excluding diaryl/α,β-unsaturated/α-hetero) is 1. The van der Waals surface area contributed by atoms with Crippen LogP contribution in [-0.4, -0.2) is 5.78 Å². The van der Waals surface area contributed by atoms with E-state index in [1.807, 2.05) is 42.5 Å². The minimum Gasteiger partial charge on any atom is -0.293 e. The first-order valence-electron chi connectivity index (χ1n) is 6.95. The average Bonchev–Trinajstić information content (AvgIpc) is 2.49. The maximum atomic E-state index is 12.6. The Morgan fingerprint density at radius 2 is 1.58 bits per heavy atom. The van der Waals surface area contributed by atoms with Gasteiger partial charge in [-0.25, -0.2) is 0 Å². The molecule has 0 N–H and O–H groups in total. The molecule has 0 amide bonds. The van der Waals surface area contributed by atoms with Crippen molar-refractivity contribution in [3.05, 3.63) is 71.3 Å². The van der Waals surface area contributed by atoms with Gasteiger partial charge in [-0.2, -0.15) is 0 Å². The van der Waals surface area contributed by atoms with Gasteiger partial charge in [0.25, 0.3) is 0 Å². The van der Waals surface area contributed by atoms with Gasteiger partial charge in [0, 0.05) is 11.5 Å². The summed E-state index contributed by atoms with van der Waals surface area (Å²) in [6.07, 6.45) is 1.81. The highest BCUT2D eigenvalue weighted by Gasteiger charge is 2.21. The summed E-state index contributed by atoms with van der Waals surface area (Å²) in [7, 11) is 0. The molecule has 0 spiro atoms. The maximum absolute atomic E-state index is 12.6. The summed E-state index contributed by atoms with van der Waals surface area (Å²) in [4.78, 5) is 12.6. The lowest BCUT2D eigenvalue weighted by Gasteiger charge is -2.17. The first kappa shape index (κ1) is 13.5. The molecule has 0 aliphatic heterocycles. The summed E-state index contributed by atoms with van der Waals surface area (Å²) in [5.74, 6) is 0.197. The molecular weight excluding hydrogens is 232 g/mol. The third-order valence-electron chi connectivity index (χ3n) is 3.59. The Bertz CT molecular complexity index is 543. The van der Waals surface area contributed by atoms with Crippen LogP contribution in [-0.2, 0) is 6.42 Å². The van der Waals surface area contributed by atoms with Crippen molar-refractivity contribution in [2.75, 3.05) is 0 Å². The standard InChI is InChI=1S/C18H20O/c1-3-14-10-8-9-13-17(14)16(4-2)18(19)15-11-6-5-7-12-15/h5-13,16H,3-4H2,1-2H3. The first-order chi connectivity index (χ1) is 9.27. The van der Waals surface area contributed by atoms with Crippen LogP contribution in [0.2, 0.25) is 0 Å². The third-order valence-corrected chi connectivity index (χ3v) is 3.59. The normalized spacial score (nSPS) is 12.1. The van der Waals surface area contributed by atoms with E-state index >= 15 is 0 Å². The second-order valence-electron chi connectivity index (χ2n) is 4.74. The van der Waals surface area contributed by atoms with Crippen LogP contribution < -0.4 is 0 Å². The lowest BCUT2D eigenvalue weighted by atomic mass is 9.85. The van der Waals surface area contributed by atoms with Crippen molar-refractivity contribution in [3.63, 3.8) is 0 Å². The molecule has 2 aromatic carbocycles. The van der Waals surface area contributed by atoms with Crippen molar-refractivity contribution in [2.24, 2.45) is 0 Å². The molecule has 1 unspecified atom stereocenters. The summed E-state index contributed by atoms with van der Waals surface area (Å²) in [5, 5.41) is 0. The predicted molar refractivity (Wildman–Crippen MR) is 79.6 cm³/mol. The van der Waals surface area contributed by atoms with Crippen LogP contribution in [0.25, 0.3) is 0 Å². The van der Waals surface area contributed by atoms with Crippen LogP contribution in [0.4, 0.5) is 0 Å². The fraction of sp³-hybridized carbons (Fsp3) is 0.278. The van der Waals surface area contributed by atoms with Gasteiger partial charge in [0.1, 0.15) is 0 Å². The van der Waals surface area contributed by atoms with E-state index < -0.39 is 0 Å². The largest absolute Gasteiger partial charge is 0.293 e. The van der Waals surface area contributed by atoms with Crippen molar-refractivity contribution >= 4 is 5.78 Å². The monoisotopic (exact) mass is 252 g/mol. The number of benzene rings is 2. The van der Waals surface area contributed by atoms with Gasteiger partial charge in [-0.05, 0) is 24.0 Å². The molecule has 0 saturated carbocycles. The maximum Gasteiger partial charge on any atom is 0.170 e. The van der Waals surface area contributed by atoms with Gasteiger partial charge in [0.05, 0.1) is 0 Å². The smallest absolute Gasteiger partial charge is 0.170 e. The zero-order chi connectivity index (χ0) is 13.7. The number of hydrogen-bond acceptors (Lipinski definition) is 1. The Labute approximate surface area is 115 Å². The molecule has 0 aromatic heterocycles. The van der Waals surface area contributed by atoms with Crippen molar-refractivity contribution in [2.45, 2.75) is 32.6 Å². The molecular formula is C18H20O. The van der Waals surface area contributed by atoms with Crippen LogP contribution in [0.1, 0.15) is 47.7 Å². The summed E-state index contributed by atoms with van der Waals surface area (Å²) in [5.41, 5.74) is 3.26. The van der Waals surface area contributed by atoms with Crippen molar-refractivity contribution in [1.29, 1.82) is 0 Å². The fourth-order valence-electron chi connectivity index (χ4n) is 2.55. The summed E-state index contributed by atoms with van der Waals surface area (Å²) < 4.78 is 0. The highest BCUT2D eigenvalue weighted by atomic mass is 16.1. The van der Waals surface area contributed by atoms with E-state index in [2.05, 4.69) is 26.0 Å². The molecule has 0 aliphatic carbocycles. The van der Waals surface area contributed by atoms with E-state index in [1.165, 1.54) is 11.1 Å². The van der Waals surface area contributed by atoms with Crippen LogP contribution in [0, 0.1) is 0 Å². The van der Waals surface area contributed by atoms with Gasteiger partial charge in [-0.1, -0.05) is 68.4 Å². The van der Waals surface area contributed by atoms with Gasteiger partial charge in [0.2, 0.25) is 0 Å². The number of hydrogen-bond donors (Lipinski definition) is 0. The topological polar surface area (TPSA) is 17.1 Å². The molecule has 98 valence electrons. The predicted octanol–water partition coefficient (Wildman–Crippen LogP) is 4.63. The quantitative estimate of drug-likeness (QED) is 0.709. The molecule has 0 heterocycles. The van der Waals surface area contributed by atoms with Gasteiger partial charge >= 0.3 is 0 Å². The second-order valence-corrected chi connectivity index (χ2v) is 4.74. The van der Waals surface area contributed by atoms with Gasteiger partial charge in [-0.3, -0.25) is 4.79 Å². The van der Waals surface area contributed by atoms with Gasteiger partial charge in [-0.15, -0.1) is 0 Å². The SMILES string of the molecule is CCc1ccccc1C(CC)C(=O)c1ccccc1. The van der Waals surface area contributed by atoms with Crippen molar-refractivity contribution < 1.29 is 4.79 Å². The Kier molecular flexibility index (Phi) is 4.51. The third kappa shape index (κ3) is 2.93. The average molecular weight is 252 g/mol. The minimum absolute atomic E-state index is 0.0291. The number of rotatable bonds is 5. The Morgan fingerprint density at radius 1 is 0.947 bits per heavy atom. The van der Waals surface area contributed by atoms with E-state index in [1.54, 1.807) is 0 Å². The number of carbonyl (C=O) groups excluding carboxylic acids is 1. The van der Waals surface area contributed by atoms with E-state index in [0.29, 0.717) is 0 Å². The van der Waals surface area contributed by atoms with Crippen molar-refractivity contribution in [3.8, 4) is 0 Å². The molecule has 1 atom stereocenters. The molecule has 0 radical (unpaired) electrons. The summed E-state index contributed by atoms with van der Waals surface area (Å²) in [6.45, 7) is 4.22. The number of aryl methyl sites for hydroxylation is 1. The number of ketones is 1. The first-order valence-corrected chi connectivity index (χ1v) is 6.95. The molecule has 0 bridgehead atoms. The van der Waals surface area contributed by atoms with Gasteiger partial charge in [0.15, 0.2) is 5.78 Å². The highest BCUT2D eigenvalue weighted by Crippen LogP contribution is 2.27. The van der Waals surface area contributed by atoms with E-state index in [9.17, 15) is 4.79 Å². The summed E-state index contributed by atoms with van der Waals surface area (Å²) >= 11 is 0. The fourth-order valence-corrected chi connectivity index (χ4v) is 2.55. The molecule has 2 rings (SSSR count). The number of carbonyl (C=O) groups is 1. The minimum atomic E-state index is -0.0291. The Balaban J connectivity index is 2.37. The zero-order valence-corrected chi connectivity index (χ0v) is 11.6. The molecule has 1 heteroatoms. The lowest BCUT2D eigenvalue weighted by Crippen LogP contribution is -2.14. The molecule has 2 aromatic rings. The van der Waals surface area contributed by atoms with Gasteiger partial charge < -0.3 is 0 Å². The zero-order valence-electron chi connectivity index (χ0n) is 11.6. The van der Waals surface area contributed by atoms with Crippen LogP contribution in [0.15, 0.2) is 54.6 Å². The van der Waals surface area contributed by atoms with Crippen LogP contribution in [0.5, 0.6) is 0 Å². The second kappa shape index (κ2) is 6.33. The molecule has 0 aliphatic rings. The van der Waals surface area contributed by atoms with E-state index in [4.69, 9.17) is 0 Å². The molecule has 0 saturated heterocycles. The van der Waals surface area contributed by atoms with Crippen LogP contribution >= 0.6 is 0 Å². The van der Waals surface area contributed by atoms with Crippen molar-refractivity contribution in [1.82, 2.24) is 0 Å². The van der Waals surface area contributed by atoms with Crippen LogP contribution in [0.3, 0.4) is 0 Å².